The fourth-order valence-corrected chi connectivity index (χ4v) is 1.96. The van der Waals surface area contributed by atoms with Gasteiger partial charge in [0.15, 0.2) is 0 Å². The highest BCUT2D eigenvalue weighted by Crippen LogP contribution is 2.20. The Kier molecular flexibility index (Phi) is 5.85. The van der Waals surface area contributed by atoms with Crippen LogP contribution in [0.2, 0.25) is 0 Å². The van der Waals surface area contributed by atoms with Crippen molar-refractivity contribution in [2.75, 3.05) is 6.54 Å². The number of rotatable bonds is 6. The molecule has 4 heteroatoms. The second kappa shape index (κ2) is 6.94. The van der Waals surface area contributed by atoms with E-state index in [1.807, 2.05) is 19.1 Å². The summed E-state index contributed by atoms with van der Waals surface area (Å²) in [7, 11) is 0. The van der Waals surface area contributed by atoms with E-state index in [1.54, 1.807) is 0 Å². The molecule has 108 valence electrons. The first kappa shape index (κ1) is 16.0. The van der Waals surface area contributed by atoms with Crippen LogP contribution in [0, 0.1) is 5.92 Å². The van der Waals surface area contributed by atoms with E-state index in [9.17, 15) is 13.2 Å². The molecule has 1 N–H and O–H groups in total. The Balaban J connectivity index is 2.46. The Hall–Kier alpha value is -1.03. The minimum Gasteiger partial charge on any atom is -0.310 e. The zero-order chi connectivity index (χ0) is 14.5. The molecule has 1 unspecified atom stereocenters. The lowest BCUT2D eigenvalue weighted by molar-refractivity contribution is -0.133. The van der Waals surface area contributed by atoms with Crippen molar-refractivity contribution >= 4 is 0 Å². The molecule has 1 aromatic rings. The van der Waals surface area contributed by atoms with Crippen molar-refractivity contribution in [1.82, 2.24) is 5.32 Å². The molecule has 1 aromatic carbocycles. The SMILES string of the molecule is CC(C)Cc1ccc(C(C)NCCC(F)(F)F)cc1. The molecule has 0 saturated heterocycles. The summed E-state index contributed by atoms with van der Waals surface area (Å²) in [6, 6.07) is 8.02. The average Bonchev–Trinajstić information content (AvgIpc) is 2.27. The second-order valence-electron chi connectivity index (χ2n) is 5.38. The summed E-state index contributed by atoms with van der Waals surface area (Å²) in [4.78, 5) is 0. The van der Waals surface area contributed by atoms with Crippen molar-refractivity contribution in [2.45, 2.75) is 45.8 Å². The normalized spacial score (nSPS) is 13.8. The summed E-state index contributed by atoms with van der Waals surface area (Å²) >= 11 is 0. The third-order valence-electron chi connectivity index (χ3n) is 2.98. The molecule has 0 fully saturated rings. The molecule has 0 aromatic heterocycles. The van der Waals surface area contributed by atoms with Gasteiger partial charge in [0.05, 0.1) is 6.42 Å². The molecular weight excluding hydrogens is 251 g/mol. The van der Waals surface area contributed by atoms with Crippen LogP contribution in [0.1, 0.15) is 44.4 Å². The predicted molar refractivity (Wildman–Crippen MR) is 72.1 cm³/mol. The fraction of sp³-hybridized carbons (Fsp3) is 0.600. The van der Waals surface area contributed by atoms with Crippen molar-refractivity contribution < 1.29 is 13.2 Å². The molecule has 1 rings (SSSR count). The molecule has 0 amide bonds. The van der Waals surface area contributed by atoms with Crippen LogP contribution >= 0.6 is 0 Å². The van der Waals surface area contributed by atoms with E-state index in [4.69, 9.17) is 0 Å². The summed E-state index contributed by atoms with van der Waals surface area (Å²) in [5, 5.41) is 2.90. The Morgan fingerprint density at radius 2 is 1.63 bits per heavy atom. The Bertz CT molecular complexity index is 368. The van der Waals surface area contributed by atoms with E-state index < -0.39 is 12.6 Å². The Labute approximate surface area is 113 Å². The van der Waals surface area contributed by atoms with Crippen molar-refractivity contribution in [3.63, 3.8) is 0 Å². The lowest BCUT2D eigenvalue weighted by atomic mass is 10.00. The van der Waals surface area contributed by atoms with Crippen molar-refractivity contribution in [2.24, 2.45) is 5.92 Å². The van der Waals surface area contributed by atoms with Gasteiger partial charge in [-0.2, -0.15) is 13.2 Å². The van der Waals surface area contributed by atoms with Gasteiger partial charge in [-0.05, 0) is 30.4 Å². The summed E-state index contributed by atoms with van der Waals surface area (Å²) in [5.41, 5.74) is 2.29. The number of alkyl halides is 3. The van der Waals surface area contributed by atoms with Crippen LogP contribution in [-0.4, -0.2) is 12.7 Å². The largest absolute Gasteiger partial charge is 0.390 e. The molecule has 19 heavy (non-hydrogen) atoms. The lowest BCUT2D eigenvalue weighted by Gasteiger charge is -2.16. The molecule has 0 radical (unpaired) electrons. The van der Waals surface area contributed by atoms with Crippen LogP contribution in [0.3, 0.4) is 0 Å². The third kappa shape index (κ3) is 6.62. The highest BCUT2D eigenvalue weighted by molar-refractivity contribution is 5.25. The Morgan fingerprint density at radius 3 is 2.11 bits per heavy atom. The molecule has 0 aliphatic carbocycles. The van der Waals surface area contributed by atoms with Crippen LogP contribution in [0.25, 0.3) is 0 Å². The average molecular weight is 273 g/mol. The van der Waals surface area contributed by atoms with Crippen molar-refractivity contribution in [3.05, 3.63) is 35.4 Å². The minimum atomic E-state index is -4.09. The van der Waals surface area contributed by atoms with E-state index >= 15 is 0 Å². The van der Waals surface area contributed by atoms with Gasteiger partial charge in [-0.25, -0.2) is 0 Å². The van der Waals surface area contributed by atoms with Crippen LogP contribution in [0.15, 0.2) is 24.3 Å². The molecule has 1 atom stereocenters. The number of nitrogens with one attached hydrogen (secondary N) is 1. The maximum atomic E-state index is 12.0. The van der Waals surface area contributed by atoms with Gasteiger partial charge in [0.2, 0.25) is 0 Å². The zero-order valence-corrected chi connectivity index (χ0v) is 11.7. The first-order chi connectivity index (χ1) is 8.78. The van der Waals surface area contributed by atoms with Crippen molar-refractivity contribution in [1.29, 1.82) is 0 Å². The zero-order valence-electron chi connectivity index (χ0n) is 11.7. The molecule has 0 aliphatic heterocycles. The molecule has 0 heterocycles. The smallest absolute Gasteiger partial charge is 0.310 e. The second-order valence-corrected chi connectivity index (χ2v) is 5.38. The molecule has 0 saturated carbocycles. The van der Waals surface area contributed by atoms with Crippen molar-refractivity contribution in [3.8, 4) is 0 Å². The molecule has 1 nitrogen and oxygen atoms in total. The van der Waals surface area contributed by atoms with E-state index in [2.05, 4.69) is 31.3 Å². The highest BCUT2D eigenvalue weighted by Gasteiger charge is 2.26. The van der Waals surface area contributed by atoms with E-state index in [0.717, 1.165) is 12.0 Å². The first-order valence-electron chi connectivity index (χ1n) is 6.67. The van der Waals surface area contributed by atoms with E-state index in [1.165, 1.54) is 5.56 Å². The van der Waals surface area contributed by atoms with Gasteiger partial charge in [-0.1, -0.05) is 38.1 Å². The maximum absolute atomic E-state index is 12.0. The summed E-state index contributed by atoms with van der Waals surface area (Å²) in [6.45, 7) is 6.16. The van der Waals surface area contributed by atoms with Gasteiger partial charge >= 0.3 is 6.18 Å². The monoisotopic (exact) mass is 273 g/mol. The van der Waals surface area contributed by atoms with Gasteiger partial charge in [-0.3, -0.25) is 0 Å². The van der Waals surface area contributed by atoms with Gasteiger partial charge < -0.3 is 5.32 Å². The number of hydrogen-bond donors (Lipinski definition) is 1. The summed E-state index contributed by atoms with van der Waals surface area (Å²) in [5.74, 6) is 0.605. The third-order valence-corrected chi connectivity index (χ3v) is 2.98. The van der Waals surface area contributed by atoms with Crippen LogP contribution < -0.4 is 5.32 Å². The quantitative estimate of drug-likeness (QED) is 0.805. The van der Waals surface area contributed by atoms with E-state index in [-0.39, 0.29) is 12.6 Å². The lowest BCUT2D eigenvalue weighted by Crippen LogP contribution is -2.24. The highest BCUT2D eigenvalue weighted by atomic mass is 19.4. The fourth-order valence-electron chi connectivity index (χ4n) is 1.96. The molecule has 0 bridgehead atoms. The van der Waals surface area contributed by atoms with Crippen LogP contribution in [0.4, 0.5) is 13.2 Å². The predicted octanol–water partition coefficient (Wildman–Crippen LogP) is 4.49. The van der Waals surface area contributed by atoms with Crippen LogP contribution in [0.5, 0.6) is 0 Å². The summed E-state index contributed by atoms with van der Waals surface area (Å²) in [6.07, 6.45) is -3.85. The van der Waals surface area contributed by atoms with Gasteiger partial charge in [-0.15, -0.1) is 0 Å². The topological polar surface area (TPSA) is 12.0 Å². The molecular formula is C15H22F3N. The number of hydrogen-bond acceptors (Lipinski definition) is 1. The molecule has 0 aliphatic rings. The first-order valence-corrected chi connectivity index (χ1v) is 6.67. The van der Waals surface area contributed by atoms with Gasteiger partial charge in [0.25, 0.3) is 0 Å². The van der Waals surface area contributed by atoms with E-state index in [0.29, 0.717) is 5.92 Å². The van der Waals surface area contributed by atoms with Crippen LogP contribution in [-0.2, 0) is 6.42 Å². The summed E-state index contributed by atoms with van der Waals surface area (Å²) < 4.78 is 36.1. The number of halogens is 3. The van der Waals surface area contributed by atoms with Gasteiger partial charge in [0.1, 0.15) is 0 Å². The minimum absolute atomic E-state index is 0.0432. The molecule has 0 spiro atoms. The standard InChI is InChI=1S/C15H22F3N/c1-11(2)10-13-4-6-14(7-5-13)12(3)19-9-8-15(16,17)18/h4-7,11-12,19H,8-10H2,1-3H3. The maximum Gasteiger partial charge on any atom is 0.390 e. The number of benzene rings is 1. The Morgan fingerprint density at radius 1 is 1.05 bits per heavy atom. The van der Waals surface area contributed by atoms with Gasteiger partial charge in [0, 0.05) is 12.6 Å².